The second kappa shape index (κ2) is 15.5. The van der Waals surface area contributed by atoms with E-state index in [1.165, 1.54) is 64.2 Å². The van der Waals surface area contributed by atoms with Crippen molar-refractivity contribution in [2.75, 3.05) is 6.54 Å². The van der Waals surface area contributed by atoms with E-state index < -0.39 is 17.1 Å². The smallest absolute Gasteiger partial charge is 0.319 e. The molecule has 1 saturated heterocycles. The zero-order valence-electron chi connectivity index (χ0n) is 20.7. The van der Waals surface area contributed by atoms with Gasteiger partial charge in [0.05, 0.1) is 17.7 Å². The lowest BCUT2D eigenvalue weighted by molar-refractivity contribution is -0.137. The Labute approximate surface area is 208 Å². The molecule has 34 heavy (non-hydrogen) atoms. The predicted molar refractivity (Wildman–Crippen MR) is 139 cm³/mol. The predicted octanol–water partition coefficient (Wildman–Crippen LogP) is 6.65. The first-order valence-electron chi connectivity index (χ1n) is 12.8. The molecular weight excluding hydrogens is 446 g/mol. The second-order valence-corrected chi connectivity index (χ2v) is 10.2. The number of aliphatic imine (C=N–C) groups is 1. The van der Waals surface area contributed by atoms with Crippen molar-refractivity contribution in [3.05, 3.63) is 35.4 Å². The monoisotopic (exact) mass is 485 g/mol. The molecule has 1 aromatic carbocycles. The lowest BCUT2D eigenvalue weighted by Gasteiger charge is -2.24. The van der Waals surface area contributed by atoms with Gasteiger partial charge in [-0.15, -0.1) is 0 Å². The molecule has 0 spiro atoms. The summed E-state index contributed by atoms with van der Waals surface area (Å²) in [4.78, 5) is 30.6. The largest absolute Gasteiger partial charge is 0.480 e. The molecule has 2 rings (SSSR count). The molecule has 2 atom stereocenters. The summed E-state index contributed by atoms with van der Waals surface area (Å²) >= 11 is 1.15. The van der Waals surface area contributed by atoms with Gasteiger partial charge in [0, 0.05) is 12.1 Å². The standard InChI is InChI=1S/C27H39N3O3S/c1-3-4-5-6-7-8-9-10-11-12-13-14-19-30-21(2)24(26(32)33)34-27(30)29-25(31)23-17-15-22(20-28)16-18-23/h15-18,21,24H,3-14,19H2,1-2H3,(H,32,33). The molecule has 1 aromatic rings. The molecule has 0 bridgehead atoms. The van der Waals surface area contributed by atoms with E-state index in [0.29, 0.717) is 22.8 Å². The highest BCUT2D eigenvalue weighted by atomic mass is 32.2. The van der Waals surface area contributed by atoms with Crippen molar-refractivity contribution < 1.29 is 14.7 Å². The number of carbonyl (C=O) groups excluding carboxylic acids is 1. The van der Waals surface area contributed by atoms with Crippen LogP contribution >= 0.6 is 11.8 Å². The van der Waals surface area contributed by atoms with Crippen LogP contribution in [0.1, 0.15) is 107 Å². The Balaban J connectivity index is 1.79. The molecule has 1 heterocycles. The van der Waals surface area contributed by atoms with Gasteiger partial charge in [-0.05, 0) is 37.6 Å². The molecule has 1 aliphatic heterocycles. The number of benzene rings is 1. The highest BCUT2D eigenvalue weighted by molar-refractivity contribution is 8.15. The Hall–Kier alpha value is -2.33. The summed E-state index contributed by atoms with van der Waals surface area (Å²) in [5.41, 5.74) is 0.872. The van der Waals surface area contributed by atoms with Gasteiger partial charge in [-0.2, -0.15) is 10.3 Å². The van der Waals surface area contributed by atoms with Gasteiger partial charge in [0.1, 0.15) is 5.25 Å². The summed E-state index contributed by atoms with van der Waals surface area (Å²) in [7, 11) is 0. The summed E-state index contributed by atoms with van der Waals surface area (Å²) < 4.78 is 0. The number of amidine groups is 1. The van der Waals surface area contributed by atoms with E-state index in [1.54, 1.807) is 24.3 Å². The normalized spacial score (nSPS) is 18.9. The molecule has 1 fully saturated rings. The van der Waals surface area contributed by atoms with Crippen LogP contribution in [0.15, 0.2) is 29.3 Å². The lowest BCUT2D eigenvalue weighted by atomic mass is 10.1. The van der Waals surface area contributed by atoms with E-state index in [9.17, 15) is 14.7 Å². The maximum absolute atomic E-state index is 12.6. The number of hydrogen-bond acceptors (Lipinski definition) is 4. The van der Waals surface area contributed by atoms with Crippen LogP contribution in [-0.4, -0.2) is 44.9 Å². The van der Waals surface area contributed by atoms with Crippen LogP contribution in [0.5, 0.6) is 0 Å². The Kier molecular flexibility index (Phi) is 12.8. The SMILES string of the molecule is CCCCCCCCCCCCCCN1C(=NC(=O)c2ccc(C#N)cc2)SC(C(=O)O)C1C. The first-order chi connectivity index (χ1) is 16.5. The van der Waals surface area contributed by atoms with Gasteiger partial charge in [-0.1, -0.05) is 89.3 Å². The van der Waals surface area contributed by atoms with Crippen molar-refractivity contribution in [3.63, 3.8) is 0 Å². The Morgan fingerprint density at radius 2 is 1.50 bits per heavy atom. The van der Waals surface area contributed by atoms with Crippen LogP contribution in [-0.2, 0) is 4.79 Å². The minimum absolute atomic E-state index is 0.220. The van der Waals surface area contributed by atoms with Crippen molar-refractivity contribution in [2.45, 2.75) is 102 Å². The van der Waals surface area contributed by atoms with Crippen LogP contribution in [0.25, 0.3) is 0 Å². The fourth-order valence-corrected chi connectivity index (χ4v) is 5.43. The third kappa shape index (κ3) is 9.13. The maximum atomic E-state index is 12.6. The van der Waals surface area contributed by atoms with Crippen LogP contribution in [0.4, 0.5) is 0 Å². The second-order valence-electron chi connectivity index (χ2n) is 9.09. The minimum atomic E-state index is -0.881. The molecule has 186 valence electrons. The molecule has 1 aliphatic rings. The average molecular weight is 486 g/mol. The maximum Gasteiger partial charge on any atom is 0.319 e. The van der Waals surface area contributed by atoms with E-state index in [0.717, 1.165) is 24.6 Å². The number of carboxylic acid groups (broad SMARTS) is 1. The Bertz CT molecular complexity index is 848. The van der Waals surface area contributed by atoms with Gasteiger partial charge in [-0.25, -0.2) is 0 Å². The van der Waals surface area contributed by atoms with Gasteiger partial charge < -0.3 is 10.0 Å². The molecule has 0 aromatic heterocycles. The lowest BCUT2D eigenvalue weighted by Crippen LogP contribution is -2.38. The van der Waals surface area contributed by atoms with Crippen molar-refractivity contribution >= 4 is 28.8 Å². The van der Waals surface area contributed by atoms with Crippen LogP contribution in [0.3, 0.4) is 0 Å². The highest BCUT2D eigenvalue weighted by Crippen LogP contribution is 2.32. The van der Waals surface area contributed by atoms with Crippen LogP contribution < -0.4 is 0 Å². The summed E-state index contributed by atoms with van der Waals surface area (Å²) in [6.45, 7) is 4.84. The molecular formula is C27H39N3O3S. The summed E-state index contributed by atoms with van der Waals surface area (Å²) in [6.07, 6.45) is 15.2. The number of unbranched alkanes of at least 4 members (excludes halogenated alkanes) is 11. The topological polar surface area (TPSA) is 93.8 Å². The summed E-state index contributed by atoms with van der Waals surface area (Å²) in [6, 6.07) is 8.14. The quantitative estimate of drug-likeness (QED) is 0.280. The van der Waals surface area contributed by atoms with Gasteiger partial charge in [0.15, 0.2) is 5.17 Å². The molecule has 0 radical (unpaired) electrons. The van der Waals surface area contributed by atoms with Gasteiger partial charge in [-0.3, -0.25) is 9.59 Å². The minimum Gasteiger partial charge on any atom is -0.480 e. The number of hydrogen-bond donors (Lipinski definition) is 1. The van der Waals surface area contributed by atoms with Crippen molar-refractivity contribution in [3.8, 4) is 6.07 Å². The summed E-state index contributed by atoms with van der Waals surface area (Å²) in [5.74, 6) is -1.29. The Morgan fingerprint density at radius 3 is 2.00 bits per heavy atom. The van der Waals surface area contributed by atoms with Crippen molar-refractivity contribution in [1.82, 2.24) is 4.90 Å². The van der Waals surface area contributed by atoms with Crippen LogP contribution in [0.2, 0.25) is 0 Å². The van der Waals surface area contributed by atoms with Gasteiger partial charge in [0.25, 0.3) is 5.91 Å². The molecule has 1 amide bonds. The fraction of sp³-hybridized carbons (Fsp3) is 0.630. The third-order valence-corrected chi connectivity index (χ3v) is 7.75. The van der Waals surface area contributed by atoms with E-state index in [2.05, 4.69) is 11.9 Å². The fourth-order valence-electron chi connectivity index (χ4n) is 4.23. The molecule has 7 heteroatoms. The van der Waals surface area contributed by atoms with E-state index in [1.807, 2.05) is 17.9 Å². The zero-order chi connectivity index (χ0) is 24.8. The molecule has 6 nitrogen and oxygen atoms in total. The Morgan fingerprint density at radius 1 is 0.971 bits per heavy atom. The number of nitriles is 1. The average Bonchev–Trinajstić information content (AvgIpc) is 3.15. The molecule has 0 saturated carbocycles. The van der Waals surface area contributed by atoms with E-state index in [-0.39, 0.29) is 6.04 Å². The third-order valence-electron chi connectivity index (χ3n) is 6.36. The number of amides is 1. The van der Waals surface area contributed by atoms with E-state index >= 15 is 0 Å². The number of carboxylic acids is 1. The first-order valence-corrected chi connectivity index (χ1v) is 13.6. The van der Waals surface area contributed by atoms with E-state index in [4.69, 9.17) is 5.26 Å². The number of rotatable bonds is 15. The molecule has 2 unspecified atom stereocenters. The zero-order valence-corrected chi connectivity index (χ0v) is 21.5. The van der Waals surface area contributed by atoms with Gasteiger partial charge in [0.2, 0.25) is 0 Å². The molecule has 1 N–H and O–H groups in total. The number of carbonyl (C=O) groups is 2. The summed E-state index contributed by atoms with van der Waals surface area (Å²) in [5, 5.41) is 18.4. The number of nitrogens with zero attached hydrogens (tertiary/aromatic N) is 3. The van der Waals surface area contributed by atoms with Gasteiger partial charge >= 0.3 is 5.97 Å². The van der Waals surface area contributed by atoms with Crippen LogP contribution in [0, 0.1) is 11.3 Å². The highest BCUT2D eigenvalue weighted by Gasteiger charge is 2.40. The number of thioether (sulfide) groups is 1. The molecule has 0 aliphatic carbocycles. The first kappa shape index (κ1) is 27.9. The van der Waals surface area contributed by atoms with Crippen molar-refractivity contribution in [1.29, 1.82) is 5.26 Å². The number of aliphatic carboxylic acids is 1. The van der Waals surface area contributed by atoms with Crippen molar-refractivity contribution in [2.24, 2.45) is 4.99 Å².